The Balaban J connectivity index is 1.93. The van der Waals surface area contributed by atoms with Crippen LogP contribution in [0.4, 0.5) is 5.69 Å². The largest absolute Gasteiger partial charge is 0.507 e. The number of aromatic hydroxyl groups is 1. The Kier molecular flexibility index (Phi) is 7.17. The maximum Gasteiger partial charge on any atom is 0.264 e. The van der Waals surface area contributed by atoms with Gasteiger partial charge in [-0.15, -0.1) is 0 Å². The molecule has 0 radical (unpaired) electrons. The Morgan fingerprint density at radius 3 is 2.38 bits per heavy atom. The number of hydrogen-bond donors (Lipinski definition) is 2. The highest BCUT2D eigenvalue weighted by Gasteiger charge is 2.28. The maximum atomic E-state index is 13.4. The van der Waals surface area contributed by atoms with E-state index in [0.717, 1.165) is 4.31 Å². The van der Waals surface area contributed by atoms with Crippen molar-refractivity contribution in [1.29, 1.82) is 0 Å². The number of carbonyl (C=O) groups is 1. The van der Waals surface area contributed by atoms with E-state index >= 15 is 0 Å². The number of hydrazone groups is 1. The van der Waals surface area contributed by atoms with Crippen molar-refractivity contribution in [1.82, 2.24) is 5.43 Å². The Morgan fingerprint density at radius 1 is 1.03 bits per heavy atom. The van der Waals surface area contributed by atoms with Crippen molar-refractivity contribution in [3.8, 4) is 5.75 Å². The van der Waals surface area contributed by atoms with Gasteiger partial charge in [0.2, 0.25) is 0 Å². The number of nitrogens with one attached hydrogen (secondary N) is 1. The van der Waals surface area contributed by atoms with E-state index in [0.29, 0.717) is 21.9 Å². The normalized spacial score (nSPS) is 11.8. The van der Waals surface area contributed by atoms with Gasteiger partial charge in [-0.05, 0) is 55.8 Å². The Morgan fingerprint density at radius 2 is 1.69 bits per heavy atom. The van der Waals surface area contributed by atoms with Crippen LogP contribution in [0.5, 0.6) is 5.75 Å². The van der Waals surface area contributed by atoms with Crippen LogP contribution in [0, 0.1) is 6.92 Å². The van der Waals surface area contributed by atoms with Crippen molar-refractivity contribution in [2.75, 3.05) is 10.8 Å². The highest BCUT2D eigenvalue weighted by Crippen LogP contribution is 2.30. The number of hydrogen-bond acceptors (Lipinski definition) is 5. The van der Waals surface area contributed by atoms with Crippen LogP contribution in [0.1, 0.15) is 18.1 Å². The molecule has 0 aliphatic carbocycles. The Hall–Kier alpha value is -3.36. The van der Waals surface area contributed by atoms with Crippen LogP contribution in [-0.2, 0) is 14.8 Å². The fourth-order valence-electron chi connectivity index (χ4n) is 3.04. The van der Waals surface area contributed by atoms with E-state index in [2.05, 4.69) is 10.5 Å². The highest BCUT2D eigenvalue weighted by molar-refractivity contribution is 7.92. The van der Waals surface area contributed by atoms with E-state index in [9.17, 15) is 18.3 Å². The fraction of sp³-hybridized carbons (Fsp3) is 0.130. The number of benzene rings is 3. The van der Waals surface area contributed by atoms with Gasteiger partial charge in [0, 0.05) is 10.6 Å². The zero-order valence-corrected chi connectivity index (χ0v) is 19.1. The summed E-state index contributed by atoms with van der Waals surface area (Å²) < 4.78 is 27.7. The molecule has 0 unspecified atom stereocenters. The zero-order chi connectivity index (χ0) is 23.3. The molecule has 3 aromatic rings. The highest BCUT2D eigenvalue weighted by atomic mass is 35.5. The number of para-hydroxylation sites is 1. The lowest BCUT2D eigenvalue weighted by atomic mass is 10.1. The number of rotatable bonds is 7. The van der Waals surface area contributed by atoms with Gasteiger partial charge in [-0.3, -0.25) is 9.10 Å². The standard InChI is InChI=1S/C23H22ClN3O4S/c1-16-20(24)12-8-13-21(16)27(32(30,31)18-9-4-3-5-10-18)15-23(29)26-25-17(2)19-11-6-7-14-22(19)28/h3-14,28H,15H2,1-2H3,(H,26,29)/b25-17-. The fourth-order valence-corrected chi connectivity index (χ4v) is 4.71. The van der Waals surface area contributed by atoms with Gasteiger partial charge in [0.15, 0.2) is 0 Å². The van der Waals surface area contributed by atoms with Gasteiger partial charge in [0.05, 0.1) is 16.3 Å². The Bertz CT molecular complexity index is 1260. The summed E-state index contributed by atoms with van der Waals surface area (Å²) in [7, 11) is -4.06. The van der Waals surface area contributed by atoms with E-state index in [1.807, 2.05) is 0 Å². The van der Waals surface area contributed by atoms with Gasteiger partial charge >= 0.3 is 0 Å². The molecule has 0 fully saturated rings. The SMILES string of the molecule is C/C(=N/NC(=O)CN(c1cccc(Cl)c1C)S(=O)(=O)c1ccccc1)c1ccccc1O. The van der Waals surface area contributed by atoms with E-state index in [1.165, 1.54) is 18.2 Å². The zero-order valence-electron chi connectivity index (χ0n) is 17.5. The summed E-state index contributed by atoms with van der Waals surface area (Å²) in [5.74, 6) is -0.635. The number of amides is 1. The third-order valence-electron chi connectivity index (χ3n) is 4.77. The average molecular weight is 472 g/mol. The van der Waals surface area contributed by atoms with Crippen molar-refractivity contribution in [3.63, 3.8) is 0 Å². The monoisotopic (exact) mass is 471 g/mol. The third-order valence-corrected chi connectivity index (χ3v) is 6.95. The van der Waals surface area contributed by atoms with Crippen molar-refractivity contribution in [3.05, 3.63) is 88.9 Å². The van der Waals surface area contributed by atoms with Crippen LogP contribution in [0.15, 0.2) is 82.8 Å². The summed E-state index contributed by atoms with van der Waals surface area (Å²) in [5, 5.41) is 14.3. The number of anilines is 1. The summed E-state index contributed by atoms with van der Waals surface area (Å²) in [6, 6.07) is 19.3. The molecule has 0 spiro atoms. The van der Waals surface area contributed by atoms with Gasteiger partial charge in [0.25, 0.3) is 15.9 Å². The molecular formula is C23H22ClN3O4S. The van der Waals surface area contributed by atoms with Crippen LogP contribution < -0.4 is 9.73 Å². The number of sulfonamides is 1. The molecule has 0 heterocycles. The van der Waals surface area contributed by atoms with E-state index < -0.39 is 22.5 Å². The third kappa shape index (κ3) is 5.09. The summed E-state index contributed by atoms with van der Waals surface area (Å²) >= 11 is 6.21. The molecular weight excluding hydrogens is 450 g/mol. The van der Waals surface area contributed by atoms with Crippen LogP contribution in [0.3, 0.4) is 0 Å². The van der Waals surface area contributed by atoms with Crippen molar-refractivity contribution in [2.24, 2.45) is 5.10 Å². The van der Waals surface area contributed by atoms with Gasteiger partial charge in [0.1, 0.15) is 12.3 Å². The first-order valence-corrected chi connectivity index (χ1v) is 11.5. The molecule has 166 valence electrons. The molecule has 0 aliphatic heterocycles. The van der Waals surface area contributed by atoms with Gasteiger partial charge in [-0.25, -0.2) is 13.8 Å². The predicted molar refractivity (Wildman–Crippen MR) is 126 cm³/mol. The second-order valence-corrected chi connectivity index (χ2v) is 9.23. The van der Waals surface area contributed by atoms with Crippen LogP contribution in [0.2, 0.25) is 5.02 Å². The molecule has 0 saturated heterocycles. The molecule has 32 heavy (non-hydrogen) atoms. The van der Waals surface area contributed by atoms with E-state index in [4.69, 9.17) is 11.6 Å². The number of nitrogens with zero attached hydrogens (tertiary/aromatic N) is 2. The molecule has 0 atom stereocenters. The van der Waals surface area contributed by atoms with Crippen molar-refractivity contribution in [2.45, 2.75) is 18.7 Å². The molecule has 0 saturated carbocycles. The number of phenolic OH excluding ortho intramolecular Hbond substituents is 1. The minimum Gasteiger partial charge on any atom is -0.507 e. The first kappa shape index (κ1) is 23.3. The lowest BCUT2D eigenvalue weighted by molar-refractivity contribution is -0.119. The maximum absolute atomic E-state index is 13.4. The van der Waals surface area contributed by atoms with Crippen molar-refractivity contribution >= 4 is 38.9 Å². The van der Waals surface area contributed by atoms with E-state index in [-0.39, 0.29) is 16.3 Å². The minimum atomic E-state index is -4.06. The molecule has 7 nitrogen and oxygen atoms in total. The predicted octanol–water partition coefficient (Wildman–Crippen LogP) is 4.09. The summed E-state index contributed by atoms with van der Waals surface area (Å²) in [4.78, 5) is 12.7. The molecule has 0 aromatic heterocycles. The molecule has 1 amide bonds. The summed E-state index contributed by atoms with van der Waals surface area (Å²) in [5.41, 5.74) is 4.00. The molecule has 3 rings (SSSR count). The van der Waals surface area contributed by atoms with Crippen LogP contribution in [-0.4, -0.2) is 31.7 Å². The minimum absolute atomic E-state index is 0.0193. The number of phenols is 1. The molecule has 9 heteroatoms. The molecule has 2 N–H and O–H groups in total. The topological polar surface area (TPSA) is 99.1 Å². The van der Waals surface area contributed by atoms with Gasteiger partial charge in [-0.1, -0.05) is 48.0 Å². The van der Waals surface area contributed by atoms with Gasteiger partial charge < -0.3 is 5.11 Å². The quantitative estimate of drug-likeness (QED) is 0.400. The van der Waals surface area contributed by atoms with Crippen molar-refractivity contribution < 1.29 is 18.3 Å². The molecule has 3 aromatic carbocycles. The first-order chi connectivity index (χ1) is 15.2. The lowest BCUT2D eigenvalue weighted by Crippen LogP contribution is -2.40. The van der Waals surface area contributed by atoms with Crippen LogP contribution in [0.25, 0.3) is 0 Å². The first-order valence-electron chi connectivity index (χ1n) is 9.66. The summed E-state index contributed by atoms with van der Waals surface area (Å²) in [6.07, 6.45) is 0. The summed E-state index contributed by atoms with van der Waals surface area (Å²) in [6.45, 7) is 2.79. The Labute approximate surface area is 192 Å². The van der Waals surface area contributed by atoms with Gasteiger partial charge in [-0.2, -0.15) is 5.10 Å². The smallest absolute Gasteiger partial charge is 0.264 e. The number of carbonyl (C=O) groups excluding carboxylic acids is 1. The second-order valence-electron chi connectivity index (χ2n) is 6.96. The second kappa shape index (κ2) is 9.84. The number of halogens is 1. The average Bonchev–Trinajstić information content (AvgIpc) is 2.79. The lowest BCUT2D eigenvalue weighted by Gasteiger charge is -2.25. The van der Waals surface area contributed by atoms with E-state index in [1.54, 1.807) is 68.4 Å². The molecule has 0 aliphatic rings. The van der Waals surface area contributed by atoms with Crippen LogP contribution >= 0.6 is 11.6 Å². The molecule has 0 bridgehead atoms.